The van der Waals surface area contributed by atoms with Crippen LogP contribution in [0.5, 0.6) is 5.75 Å². The molecule has 2 amide bonds. The summed E-state index contributed by atoms with van der Waals surface area (Å²) in [4.78, 5) is 24.6. The van der Waals surface area contributed by atoms with E-state index in [9.17, 15) is 9.59 Å². The lowest BCUT2D eigenvalue weighted by Gasteiger charge is -2.12. The van der Waals surface area contributed by atoms with Crippen LogP contribution in [0.15, 0.2) is 48.5 Å². The van der Waals surface area contributed by atoms with Gasteiger partial charge in [-0.2, -0.15) is 0 Å². The van der Waals surface area contributed by atoms with Gasteiger partial charge in [-0.25, -0.2) is 0 Å². The molecule has 0 radical (unpaired) electrons. The maximum atomic E-state index is 12.3. The zero-order valence-corrected chi connectivity index (χ0v) is 18.2. The zero-order chi connectivity index (χ0) is 21.6. The third-order valence-electron chi connectivity index (χ3n) is 4.93. The molecule has 31 heavy (non-hydrogen) atoms. The van der Waals surface area contributed by atoms with Gasteiger partial charge >= 0.3 is 0 Å². The lowest BCUT2D eigenvalue weighted by molar-refractivity contribution is 0.0937. The Bertz CT molecular complexity index is 1050. The van der Waals surface area contributed by atoms with Gasteiger partial charge in [-0.05, 0) is 61.4 Å². The Balaban J connectivity index is 1.28. The minimum Gasteiger partial charge on any atom is -0.486 e. The second-order valence-electron chi connectivity index (χ2n) is 7.23. The zero-order valence-electron chi connectivity index (χ0n) is 16.6. The predicted molar refractivity (Wildman–Crippen MR) is 120 cm³/mol. The summed E-state index contributed by atoms with van der Waals surface area (Å²) in [5.74, 6) is 0.211. The maximum absolute atomic E-state index is 12.3. The van der Waals surface area contributed by atoms with Gasteiger partial charge < -0.3 is 15.4 Å². The van der Waals surface area contributed by atoms with Gasteiger partial charge in [-0.3, -0.25) is 9.59 Å². The number of hydrogen-bond donors (Lipinski definition) is 2. The van der Waals surface area contributed by atoms with E-state index in [1.165, 1.54) is 12.8 Å². The van der Waals surface area contributed by atoms with E-state index >= 15 is 0 Å². The lowest BCUT2D eigenvalue weighted by Crippen LogP contribution is -2.32. The van der Waals surface area contributed by atoms with Crippen molar-refractivity contribution in [2.75, 3.05) is 5.32 Å². The number of benzene rings is 2. The van der Waals surface area contributed by atoms with E-state index in [0.717, 1.165) is 24.2 Å². The standard InChI is InChI=1S/C22H21ClN4O3S/c23-15-7-9-17(10-8-15)25-21(29)22-27-26-19(31-22)13-30-18-11-5-14(6-12-18)20(28)24-16-3-1-2-4-16/h5-12,16H,1-4,13H2,(H,24,28)(H,25,29). The van der Waals surface area contributed by atoms with Crippen LogP contribution < -0.4 is 15.4 Å². The number of nitrogens with zero attached hydrogens (tertiary/aromatic N) is 2. The smallest absolute Gasteiger partial charge is 0.286 e. The summed E-state index contributed by atoms with van der Waals surface area (Å²) >= 11 is 7.00. The molecular weight excluding hydrogens is 436 g/mol. The minimum absolute atomic E-state index is 0.0566. The Kier molecular flexibility index (Phi) is 6.79. The quantitative estimate of drug-likeness (QED) is 0.537. The van der Waals surface area contributed by atoms with E-state index in [4.69, 9.17) is 16.3 Å². The Morgan fingerprint density at radius 3 is 2.42 bits per heavy atom. The highest BCUT2D eigenvalue weighted by molar-refractivity contribution is 7.13. The fourth-order valence-corrected chi connectivity index (χ4v) is 4.08. The Labute approximate surface area is 188 Å². The first-order valence-corrected chi connectivity index (χ1v) is 11.2. The number of carbonyl (C=O) groups excluding carboxylic acids is 2. The van der Waals surface area contributed by atoms with Gasteiger partial charge in [-0.1, -0.05) is 35.8 Å². The summed E-state index contributed by atoms with van der Waals surface area (Å²) in [6.07, 6.45) is 4.45. The molecule has 0 spiro atoms. The average molecular weight is 457 g/mol. The van der Waals surface area contributed by atoms with E-state index in [0.29, 0.717) is 27.0 Å². The molecule has 4 rings (SSSR count). The van der Waals surface area contributed by atoms with Crippen LogP contribution in [-0.2, 0) is 6.61 Å². The molecule has 9 heteroatoms. The summed E-state index contributed by atoms with van der Waals surface area (Å²) in [6.45, 7) is 0.180. The second kappa shape index (κ2) is 9.89. The topological polar surface area (TPSA) is 93.2 Å². The van der Waals surface area contributed by atoms with Crippen LogP contribution in [0.4, 0.5) is 5.69 Å². The normalized spacial score (nSPS) is 13.7. The maximum Gasteiger partial charge on any atom is 0.286 e. The first-order chi connectivity index (χ1) is 15.1. The van der Waals surface area contributed by atoms with Crippen molar-refractivity contribution in [1.82, 2.24) is 15.5 Å². The van der Waals surface area contributed by atoms with Crippen LogP contribution >= 0.6 is 22.9 Å². The van der Waals surface area contributed by atoms with Gasteiger partial charge in [0.05, 0.1) is 0 Å². The molecule has 1 saturated carbocycles. The van der Waals surface area contributed by atoms with E-state index in [1.807, 2.05) is 0 Å². The fourth-order valence-electron chi connectivity index (χ4n) is 3.31. The fraction of sp³-hybridized carbons (Fsp3) is 0.273. The Hall–Kier alpha value is -2.97. The molecule has 160 valence electrons. The average Bonchev–Trinajstić information content (AvgIpc) is 3.46. The molecule has 7 nitrogen and oxygen atoms in total. The van der Waals surface area contributed by atoms with Crippen molar-refractivity contribution < 1.29 is 14.3 Å². The molecule has 2 aromatic carbocycles. The molecule has 2 N–H and O–H groups in total. The molecule has 1 aliphatic rings. The Morgan fingerprint density at radius 1 is 1.00 bits per heavy atom. The van der Waals surface area contributed by atoms with Crippen molar-refractivity contribution in [3.8, 4) is 5.75 Å². The number of anilines is 1. The first-order valence-electron chi connectivity index (χ1n) is 10.00. The molecule has 1 heterocycles. The van der Waals surface area contributed by atoms with Crippen molar-refractivity contribution in [2.24, 2.45) is 0 Å². The van der Waals surface area contributed by atoms with E-state index in [2.05, 4.69) is 20.8 Å². The molecule has 0 bridgehead atoms. The van der Waals surface area contributed by atoms with Gasteiger partial charge in [0, 0.05) is 22.3 Å². The van der Waals surface area contributed by atoms with Crippen molar-refractivity contribution in [3.05, 3.63) is 69.1 Å². The highest BCUT2D eigenvalue weighted by Gasteiger charge is 2.18. The monoisotopic (exact) mass is 456 g/mol. The summed E-state index contributed by atoms with van der Waals surface area (Å²) in [6, 6.07) is 14.1. The number of rotatable bonds is 7. The highest BCUT2D eigenvalue weighted by atomic mass is 35.5. The van der Waals surface area contributed by atoms with Crippen LogP contribution in [0.25, 0.3) is 0 Å². The minimum atomic E-state index is -0.344. The molecule has 0 aliphatic heterocycles. The summed E-state index contributed by atoms with van der Waals surface area (Å²) in [7, 11) is 0. The van der Waals surface area contributed by atoms with Gasteiger partial charge in [0.2, 0.25) is 5.01 Å². The van der Waals surface area contributed by atoms with Crippen LogP contribution in [-0.4, -0.2) is 28.1 Å². The number of nitrogens with one attached hydrogen (secondary N) is 2. The molecule has 3 aromatic rings. The lowest BCUT2D eigenvalue weighted by atomic mass is 10.1. The van der Waals surface area contributed by atoms with Crippen molar-refractivity contribution in [3.63, 3.8) is 0 Å². The third kappa shape index (κ3) is 5.80. The number of carbonyl (C=O) groups is 2. The van der Waals surface area contributed by atoms with Crippen molar-refractivity contribution >= 4 is 40.4 Å². The largest absolute Gasteiger partial charge is 0.486 e. The second-order valence-corrected chi connectivity index (χ2v) is 8.73. The van der Waals surface area contributed by atoms with Crippen LogP contribution in [0.2, 0.25) is 5.02 Å². The number of halogens is 1. The molecular formula is C22H21ClN4O3S. The Morgan fingerprint density at radius 2 is 1.71 bits per heavy atom. The van der Waals surface area contributed by atoms with Gasteiger partial charge in [0.25, 0.3) is 11.8 Å². The number of ether oxygens (including phenoxy) is 1. The molecule has 0 saturated heterocycles. The predicted octanol–water partition coefficient (Wildman–Crippen LogP) is 4.70. The van der Waals surface area contributed by atoms with Crippen molar-refractivity contribution in [2.45, 2.75) is 38.3 Å². The number of hydrogen-bond acceptors (Lipinski definition) is 6. The molecule has 1 aliphatic carbocycles. The van der Waals surface area contributed by atoms with E-state index < -0.39 is 0 Å². The summed E-state index contributed by atoms with van der Waals surface area (Å²) < 4.78 is 5.71. The van der Waals surface area contributed by atoms with E-state index in [-0.39, 0.29) is 29.5 Å². The van der Waals surface area contributed by atoms with Crippen molar-refractivity contribution in [1.29, 1.82) is 0 Å². The number of amides is 2. The molecule has 0 atom stereocenters. The van der Waals surface area contributed by atoms with Gasteiger partial charge in [0.15, 0.2) is 5.01 Å². The SMILES string of the molecule is O=C(NC1CCCC1)c1ccc(OCc2nnc(C(=O)Nc3ccc(Cl)cc3)s2)cc1. The molecule has 1 aromatic heterocycles. The van der Waals surface area contributed by atoms with Crippen LogP contribution in [0.1, 0.15) is 50.9 Å². The van der Waals surface area contributed by atoms with Crippen LogP contribution in [0.3, 0.4) is 0 Å². The van der Waals surface area contributed by atoms with Gasteiger partial charge in [-0.15, -0.1) is 10.2 Å². The van der Waals surface area contributed by atoms with Gasteiger partial charge in [0.1, 0.15) is 12.4 Å². The summed E-state index contributed by atoms with van der Waals surface area (Å²) in [5, 5.41) is 15.2. The first kappa shape index (κ1) is 21.3. The number of aromatic nitrogens is 2. The third-order valence-corrected chi connectivity index (χ3v) is 6.08. The highest BCUT2D eigenvalue weighted by Crippen LogP contribution is 2.20. The van der Waals surface area contributed by atoms with E-state index in [1.54, 1.807) is 48.5 Å². The van der Waals surface area contributed by atoms with Crippen LogP contribution in [0, 0.1) is 0 Å². The summed E-state index contributed by atoms with van der Waals surface area (Å²) in [5.41, 5.74) is 1.23. The molecule has 1 fully saturated rings. The molecule has 0 unspecified atom stereocenters.